The van der Waals surface area contributed by atoms with Crippen LogP contribution in [0.2, 0.25) is 0 Å². The number of rotatable bonds is 5. The fourth-order valence-electron chi connectivity index (χ4n) is 4.08. The average molecular weight is 289 g/mol. The fourth-order valence-corrected chi connectivity index (χ4v) is 4.08. The van der Waals surface area contributed by atoms with Crippen LogP contribution in [0.25, 0.3) is 0 Å². The van der Waals surface area contributed by atoms with E-state index in [4.69, 9.17) is 0 Å². The first-order chi connectivity index (χ1) is 10.0. The summed E-state index contributed by atoms with van der Waals surface area (Å²) in [5.74, 6) is 0.267. The Balaban J connectivity index is 2.69. The minimum absolute atomic E-state index is 0.267. The average Bonchev–Trinajstić information content (AvgIpc) is 2.72. The van der Waals surface area contributed by atoms with E-state index in [1.807, 2.05) is 58.0 Å². The Morgan fingerprint density at radius 2 is 1.52 bits per heavy atom. The number of hydroxylamine groups is 3. The van der Waals surface area contributed by atoms with E-state index in [-0.39, 0.29) is 5.84 Å². The van der Waals surface area contributed by atoms with E-state index in [9.17, 15) is 10.4 Å². The summed E-state index contributed by atoms with van der Waals surface area (Å²) in [7, 11) is 0. The van der Waals surface area contributed by atoms with Crippen molar-refractivity contribution >= 4 is 5.84 Å². The molecule has 1 aliphatic heterocycles. The maximum Gasteiger partial charge on any atom is 0.316 e. The summed E-state index contributed by atoms with van der Waals surface area (Å²) in [5.41, 5.74) is -0.593. The predicted molar refractivity (Wildman–Crippen MR) is 83.3 cm³/mol. The minimum atomic E-state index is -0.649. The maximum absolute atomic E-state index is 13.1. The molecule has 0 aliphatic carbocycles. The molecule has 4 heteroatoms. The van der Waals surface area contributed by atoms with Gasteiger partial charge in [0.25, 0.3) is 0 Å². The zero-order valence-corrected chi connectivity index (χ0v) is 13.4. The van der Waals surface area contributed by atoms with E-state index >= 15 is 0 Å². The van der Waals surface area contributed by atoms with Gasteiger partial charge in [0.1, 0.15) is 0 Å². The van der Waals surface area contributed by atoms with E-state index in [2.05, 4.69) is 0 Å². The molecule has 1 aliphatic rings. The molecule has 0 saturated carbocycles. The van der Waals surface area contributed by atoms with E-state index in [0.717, 1.165) is 9.80 Å². The van der Waals surface area contributed by atoms with Crippen molar-refractivity contribution in [1.29, 1.82) is 0 Å². The Bertz CT molecular complexity index is 517. The highest BCUT2D eigenvalue weighted by atomic mass is 16.5. The summed E-state index contributed by atoms with van der Waals surface area (Å²) >= 11 is 0. The number of amidine groups is 1. The van der Waals surface area contributed by atoms with Crippen molar-refractivity contribution in [3.8, 4) is 0 Å². The van der Waals surface area contributed by atoms with Gasteiger partial charge in [-0.05, 0) is 37.8 Å². The zero-order valence-electron chi connectivity index (χ0n) is 13.4. The van der Waals surface area contributed by atoms with Crippen LogP contribution in [0.5, 0.6) is 0 Å². The highest BCUT2D eigenvalue weighted by molar-refractivity contribution is 5.96. The molecule has 0 bridgehead atoms. The second-order valence-electron chi connectivity index (χ2n) is 5.76. The molecular formula is C17H25N2O2. The maximum atomic E-state index is 13.1. The summed E-state index contributed by atoms with van der Waals surface area (Å²) in [5, 5.41) is 27.1. The third-order valence-electron chi connectivity index (χ3n) is 5.40. The van der Waals surface area contributed by atoms with Gasteiger partial charge in [-0.3, -0.25) is 4.74 Å². The fraction of sp³-hybridized carbons (Fsp3) is 0.588. The summed E-state index contributed by atoms with van der Waals surface area (Å²) in [6.45, 7) is 8.04. The Hall–Kier alpha value is -1.55. The highest BCUT2D eigenvalue weighted by Crippen LogP contribution is 2.46. The highest BCUT2D eigenvalue weighted by Gasteiger charge is 2.66. The molecule has 0 atom stereocenters. The Labute approximate surface area is 127 Å². The third kappa shape index (κ3) is 1.89. The summed E-state index contributed by atoms with van der Waals surface area (Å²) < 4.78 is 1.00. The lowest BCUT2D eigenvalue weighted by atomic mass is 9.70. The topological polar surface area (TPSA) is 49.2 Å². The van der Waals surface area contributed by atoms with Crippen molar-refractivity contribution in [2.24, 2.45) is 0 Å². The minimum Gasteiger partial charge on any atom is -0.714 e. The molecule has 0 unspecified atom stereocenters. The molecular weight excluding hydrogens is 264 g/mol. The zero-order chi connectivity index (χ0) is 15.7. The number of hydrogen-bond acceptors (Lipinski definition) is 2. The molecule has 0 amide bonds. The molecule has 0 N–H and O–H groups in total. The molecule has 1 radical (unpaired) electrons. The van der Waals surface area contributed by atoms with Gasteiger partial charge in [0.15, 0.2) is 11.1 Å². The molecule has 115 valence electrons. The van der Waals surface area contributed by atoms with Gasteiger partial charge in [-0.25, -0.2) is 0 Å². The molecule has 0 spiro atoms. The monoisotopic (exact) mass is 289 g/mol. The van der Waals surface area contributed by atoms with Crippen LogP contribution in [-0.4, -0.2) is 26.7 Å². The second-order valence-corrected chi connectivity index (χ2v) is 5.76. The van der Waals surface area contributed by atoms with Crippen molar-refractivity contribution in [3.05, 3.63) is 41.1 Å². The van der Waals surface area contributed by atoms with Gasteiger partial charge in [-0.1, -0.05) is 51.0 Å². The summed E-state index contributed by atoms with van der Waals surface area (Å²) in [4.78, 5) is 0. The smallest absolute Gasteiger partial charge is 0.316 e. The van der Waals surface area contributed by atoms with Crippen LogP contribution >= 0.6 is 0 Å². The number of hydrogen-bond donors (Lipinski definition) is 0. The van der Waals surface area contributed by atoms with Crippen molar-refractivity contribution in [1.82, 2.24) is 5.06 Å². The molecule has 2 rings (SSSR count). The van der Waals surface area contributed by atoms with Crippen molar-refractivity contribution in [2.75, 3.05) is 0 Å². The van der Waals surface area contributed by atoms with Gasteiger partial charge < -0.3 is 5.21 Å². The SMILES string of the molecule is CCC1(CC)N([O])C(c2ccccc2)=[N+]([O-])C1(CC)CC. The van der Waals surface area contributed by atoms with Crippen LogP contribution in [0.1, 0.15) is 58.9 Å². The first-order valence-corrected chi connectivity index (χ1v) is 7.91. The van der Waals surface area contributed by atoms with Gasteiger partial charge in [0.2, 0.25) is 0 Å². The summed E-state index contributed by atoms with van der Waals surface area (Å²) in [6, 6.07) is 9.29. The Kier molecular flexibility index (Phi) is 4.28. The summed E-state index contributed by atoms with van der Waals surface area (Å²) in [6.07, 6.45) is 2.68. The molecule has 4 nitrogen and oxygen atoms in total. The Morgan fingerprint density at radius 3 is 1.90 bits per heavy atom. The number of nitrogens with zero attached hydrogens (tertiary/aromatic N) is 2. The molecule has 21 heavy (non-hydrogen) atoms. The normalized spacial score (nSPS) is 20.1. The lowest BCUT2D eigenvalue weighted by Gasteiger charge is -2.41. The Morgan fingerprint density at radius 1 is 1.00 bits per heavy atom. The van der Waals surface area contributed by atoms with Crippen LogP contribution in [0, 0.1) is 5.21 Å². The van der Waals surface area contributed by atoms with Gasteiger partial charge in [0.05, 0.1) is 5.56 Å². The first kappa shape index (κ1) is 15.8. The van der Waals surface area contributed by atoms with Crippen molar-refractivity contribution in [3.63, 3.8) is 0 Å². The first-order valence-electron chi connectivity index (χ1n) is 7.91. The molecule has 0 aromatic heterocycles. The van der Waals surface area contributed by atoms with Crippen LogP contribution in [0.3, 0.4) is 0 Å². The lowest BCUT2D eigenvalue weighted by Crippen LogP contribution is -2.59. The van der Waals surface area contributed by atoms with Gasteiger partial charge in [-0.2, -0.15) is 0 Å². The molecule has 1 aromatic carbocycles. The second kappa shape index (κ2) is 5.68. The van der Waals surface area contributed by atoms with E-state index < -0.39 is 11.1 Å². The van der Waals surface area contributed by atoms with E-state index in [1.54, 1.807) is 0 Å². The molecule has 0 saturated heterocycles. The predicted octanol–water partition coefficient (Wildman–Crippen LogP) is 3.72. The van der Waals surface area contributed by atoms with Crippen molar-refractivity contribution < 1.29 is 9.95 Å². The van der Waals surface area contributed by atoms with Crippen LogP contribution in [0.15, 0.2) is 30.3 Å². The van der Waals surface area contributed by atoms with Crippen LogP contribution < -0.4 is 0 Å². The molecule has 1 aromatic rings. The van der Waals surface area contributed by atoms with E-state index in [0.29, 0.717) is 31.2 Å². The largest absolute Gasteiger partial charge is 0.714 e. The number of benzene rings is 1. The molecule has 0 fully saturated rings. The van der Waals surface area contributed by atoms with Gasteiger partial charge >= 0.3 is 5.84 Å². The van der Waals surface area contributed by atoms with Crippen molar-refractivity contribution in [2.45, 2.75) is 64.5 Å². The van der Waals surface area contributed by atoms with Crippen LogP contribution in [-0.2, 0) is 5.21 Å². The molecule has 1 heterocycles. The quantitative estimate of drug-likeness (QED) is 0.612. The third-order valence-corrected chi connectivity index (χ3v) is 5.40. The van der Waals surface area contributed by atoms with Gasteiger partial charge in [0, 0.05) is 5.21 Å². The van der Waals surface area contributed by atoms with Gasteiger partial charge in [-0.15, -0.1) is 0 Å². The lowest BCUT2D eigenvalue weighted by molar-refractivity contribution is -0.553. The standard InChI is InChI=1S/C17H25N2O2/c1-5-16(6-2)17(7-3,8-4)19(21)15(18(16)20)14-12-10-9-11-13-14/h9-13H,5-8H2,1-4H3. The van der Waals surface area contributed by atoms with Crippen LogP contribution in [0.4, 0.5) is 0 Å². The van der Waals surface area contributed by atoms with E-state index in [1.165, 1.54) is 0 Å².